The molecule has 8 nitrogen and oxygen atoms in total. The van der Waals surface area contributed by atoms with Gasteiger partial charge in [0.2, 0.25) is 5.91 Å². The number of urea groups is 1. The normalized spacial score (nSPS) is 18.8. The van der Waals surface area contributed by atoms with Crippen LogP contribution in [0.2, 0.25) is 0 Å². The van der Waals surface area contributed by atoms with Crippen LogP contribution in [0.3, 0.4) is 0 Å². The molecule has 5 rings (SSSR count). The molecule has 50 heavy (non-hydrogen) atoms. The molecule has 3 aromatic carbocycles. The van der Waals surface area contributed by atoms with Crippen molar-refractivity contribution in [3.05, 3.63) is 107 Å². The van der Waals surface area contributed by atoms with Gasteiger partial charge in [-0.25, -0.2) is 9.59 Å². The third-order valence-corrected chi connectivity index (χ3v) is 11.4. The first-order valence-electron chi connectivity index (χ1n) is 18.2. The summed E-state index contributed by atoms with van der Waals surface area (Å²) in [5, 5.41) is 9.36. The lowest BCUT2D eigenvalue weighted by Crippen LogP contribution is -2.45. The molecule has 0 aliphatic carbocycles. The molecule has 2 aliphatic heterocycles. The number of carbonyl (C=O) groups is 4. The topological polar surface area (TPSA) is 114 Å². The van der Waals surface area contributed by atoms with Crippen molar-refractivity contribution >= 4 is 35.5 Å². The summed E-state index contributed by atoms with van der Waals surface area (Å²) in [5.74, 6) is 0.595. The van der Waals surface area contributed by atoms with Crippen LogP contribution >= 0.6 is 11.8 Å². The number of Topliss-reactive ketones (excluding diaryl/α,β-unsaturated/α-hetero) is 1. The lowest BCUT2D eigenvalue weighted by atomic mass is 9.79. The first kappa shape index (κ1) is 37.2. The number of nitrogens with one attached hydrogen (secondary N) is 3. The van der Waals surface area contributed by atoms with Crippen LogP contribution in [-0.2, 0) is 24.7 Å². The van der Waals surface area contributed by atoms with Gasteiger partial charge in [-0.3, -0.25) is 9.59 Å². The number of esters is 1. The Labute approximate surface area is 300 Å². The molecule has 0 saturated carbocycles. The Bertz CT molecular complexity index is 1530. The summed E-state index contributed by atoms with van der Waals surface area (Å²) < 4.78 is 6.55. The number of thioether (sulfide) groups is 1. The Balaban J connectivity index is 1.06. The van der Waals surface area contributed by atoms with Crippen molar-refractivity contribution in [3.8, 4) is 0 Å². The lowest BCUT2D eigenvalue weighted by Gasteiger charge is -2.36. The van der Waals surface area contributed by atoms with E-state index in [1.807, 2.05) is 111 Å². The number of benzene rings is 3. The molecule has 3 N–H and O–H groups in total. The molecule has 2 heterocycles. The number of hydrogen-bond acceptors (Lipinski definition) is 6. The minimum absolute atomic E-state index is 0.0604. The molecule has 3 aromatic rings. The van der Waals surface area contributed by atoms with Crippen LogP contribution in [0.25, 0.3) is 0 Å². The second-order valence-corrected chi connectivity index (χ2v) is 14.8. The summed E-state index contributed by atoms with van der Waals surface area (Å²) in [5.41, 5.74) is 2.37. The molecule has 266 valence electrons. The molecule has 2 aliphatic rings. The monoisotopic (exact) mass is 697 g/mol. The number of ether oxygens (including phenoxy) is 1. The van der Waals surface area contributed by atoms with Crippen molar-refractivity contribution in [1.29, 1.82) is 0 Å². The first-order valence-corrected chi connectivity index (χ1v) is 19.3. The zero-order chi connectivity index (χ0) is 35.3. The largest absolute Gasteiger partial charge is 0.443 e. The fourth-order valence-corrected chi connectivity index (χ4v) is 8.57. The van der Waals surface area contributed by atoms with Gasteiger partial charge in [0.25, 0.3) is 0 Å². The molecule has 1 unspecified atom stereocenters. The van der Waals surface area contributed by atoms with E-state index >= 15 is 0 Å². The highest BCUT2D eigenvalue weighted by atomic mass is 32.2. The smallest absolute Gasteiger partial charge is 0.330 e. The van der Waals surface area contributed by atoms with Crippen LogP contribution in [0.4, 0.5) is 4.79 Å². The van der Waals surface area contributed by atoms with E-state index in [9.17, 15) is 19.2 Å². The van der Waals surface area contributed by atoms with Gasteiger partial charge in [-0.2, -0.15) is 11.8 Å². The predicted molar refractivity (Wildman–Crippen MR) is 199 cm³/mol. The fourth-order valence-electron chi connectivity index (χ4n) is 7.02. The SMILES string of the molecule is CCC(NC(=O)CCCCCCC(=O)CCCC[C@@H]1SC[C@@H]2NC(=O)N[C@@H]21)C(=O)OC(c1ccccc1)(c1ccccc1)c1ccc(C)cc1. The molecule has 0 aromatic heterocycles. The second kappa shape index (κ2) is 18.2. The molecule has 3 amide bonds. The van der Waals surface area contributed by atoms with E-state index in [1.165, 1.54) is 0 Å². The highest BCUT2D eigenvalue weighted by molar-refractivity contribution is 8.00. The van der Waals surface area contributed by atoms with Gasteiger partial charge in [0.1, 0.15) is 11.8 Å². The number of unbranched alkanes of at least 4 members (excludes halogenated alkanes) is 4. The first-order chi connectivity index (χ1) is 24.3. The van der Waals surface area contributed by atoms with E-state index < -0.39 is 17.6 Å². The minimum atomic E-state index is -1.20. The summed E-state index contributed by atoms with van der Waals surface area (Å²) in [4.78, 5) is 50.9. The van der Waals surface area contributed by atoms with Gasteiger partial charge in [-0.1, -0.05) is 117 Å². The van der Waals surface area contributed by atoms with Crippen molar-refractivity contribution in [2.24, 2.45) is 0 Å². The van der Waals surface area contributed by atoms with Crippen LogP contribution in [0, 0.1) is 6.92 Å². The molecule has 4 atom stereocenters. The van der Waals surface area contributed by atoms with Crippen LogP contribution in [0.15, 0.2) is 84.9 Å². The Kier molecular flexibility index (Phi) is 13.5. The van der Waals surface area contributed by atoms with Gasteiger partial charge >= 0.3 is 12.0 Å². The van der Waals surface area contributed by atoms with Crippen molar-refractivity contribution < 1.29 is 23.9 Å². The van der Waals surface area contributed by atoms with E-state index in [4.69, 9.17) is 4.74 Å². The maximum atomic E-state index is 13.9. The zero-order valence-corrected chi connectivity index (χ0v) is 30.1. The van der Waals surface area contributed by atoms with E-state index in [-0.39, 0.29) is 24.0 Å². The number of hydrogen-bond donors (Lipinski definition) is 3. The van der Waals surface area contributed by atoms with Gasteiger partial charge in [0.15, 0.2) is 5.60 Å². The van der Waals surface area contributed by atoms with Gasteiger partial charge in [0, 0.05) is 47.0 Å². The average molecular weight is 698 g/mol. The van der Waals surface area contributed by atoms with Gasteiger partial charge in [0.05, 0.1) is 12.1 Å². The number of ketones is 1. The molecule has 0 radical (unpaired) electrons. The molecule has 0 spiro atoms. The Hall–Kier alpha value is -4.11. The number of fused-ring (bicyclic) bond motifs is 1. The lowest BCUT2D eigenvalue weighted by molar-refractivity contribution is -0.157. The fraction of sp³-hybridized carbons (Fsp3) is 0.463. The van der Waals surface area contributed by atoms with Crippen molar-refractivity contribution in [2.45, 2.75) is 113 Å². The van der Waals surface area contributed by atoms with E-state index in [0.717, 1.165) is 66.5 Å². The predicted octanol–water partition coefficient (Wildman–Crippen LogP) is 7.36. The van der Waals surface area contributed by atoms with Crippen molar-refractivity contribution in [1.82, 2.24) is 16.0 Å². The summed E-state index contributed by atoms with van der Waals surface area (Å²) in [6, 6.07) is 27.1. The summed E-state index contributed by atoms with van der Waals surface area (Å²) >= 11 is 1.91. The summed E-state index contributed by atoms with van der Waals surface area (Å²) in [7, 11) is 0. The maximum Gasteiger partial charge on any atom is 0.330 e. The molecular weight excluding hydrogens is 647 g/mol. The van der Waals surface area contributed by atoms with Crippen molar-refractivity contribution in [2.75, 3.05) is 5.75 Å². The van der Waals surface area contributed by atoms with Crippen molar-refractivity contribution in [3.63, 3.8) is 0 Å². The molecule has 9 heteroatoms. The Morgan fingerprint density at radius 2 is 1.38 bits per heavy atom. The quantitative estimate of drug-likeness (QED) is 0.0522. The Morgan fingerprint density at radius 3 is 2.00 bits per heavy atom. The van der Waals surface area contributed by atoms with Crippen LogP contribution in [0.5, 0.6) is 0 Å². The average Bonchev–Trinajstić information content (AvgIpc) is 3.69. The maximum absolute atomic E-state index is 13.9. The molecule has 0 bridgehead atoms. The van der Waals surface area contributed by atoms with Crippen LogP contribution < -0.4 is 16.0 Å². The molecule has 2 saturated heterocycles. The number of amides is 3. The van der Waals surface area contributed by atoms with E-state index in [2.05, 4.69) is 16.0 Å². The number of rotatable bonds is 19. The van der Waals surface area contributed by atoms with E-state index in [0.29, 0.717) is 43.1 Å². The summed E-state index contributed by atoms with van der Waals surface area (Å²) in [6.45, 7) is 3.90. The highest BCUT2D eigenvalue weighted by Gasteiger charge is 2.43. The number of aryl methyl sites for hydroxylation is 1. The molecular formula is C41H51N3O5S. The minimum Gasteiger partial charge on any atom is -0.443 e. The second-order valence-electron chi connectivity index (χ2n) is 13.5. The summed E-state index contributed by atoms with van der Waals surface area (Å²) in [6.07, 6.45) is 8.05. The van der Waals surface area contributed by atoms with E-state index in [1.54, 1.807) is 0 Å². The number of carbonyl (C=O) groups excluding carboxylic acids is 4. The van der Waals surface area contributed by atoms with Crippen LogP contribution in [0.1, 0.15) is 99.8 Å². The standard InChI is InChI=1S/C41H51N3O5S/c1-3-34(39(47)49-41(30-16-8-6-9-17-30,31-18-10-7-11-19-31)32-26-24-29(2)25-27-32)42-37(46)23-13-5-4-12-20-33(45)21-14-15-22-36-38-35(28-50-36)43-40(48)44-38/h6-11,16-19,24-27,34-36,38H,3-5,12-15,20-23,28H2,1-2H3,(H,42,46)(H2,43,44,48)/t34?,35-,36-,38-/m0/s1. The third kappa shape index (κ3) is 9.56. The van der Waals surface area contributed by atoms with Crippen LogP contribution in [-0.4, -0.2) is 52.8 Å². The van der Waals surface area contributed by atoms with Gasteiger partial charge < -0.3 is 20.7 Å². The zero-order valence-electron chi connectivity index (χ0n) is 29.3. The highest BCUT2D eigenvalue weighted by Crippen LogP contribution is 2.41. The Morgan fingerprint density at radius 1 is 0.800 bits per heavy atom. The third-order valence-electron chi connectivity index (χ3n) is 9.84. The molecule has 2 fully saturated rings. The van der Waals surface area contributed by atoms with Gasteiger partial charge in [-0.15, -0.1) is 0 Å². The van der Waals surface area contributed by atoms with Gasteiger partial charge in [-0.05, 0) is 39.0 Å².